The van der Waals surface area contributed by atoms with Crippen LogP contribution >= 0.6 is 0 Å². The maximum Gasteiger partial charge on any atom is 0.418 e. The van der Waals surface area contributed by atoms with Gasteiger partial charge >= 0.3 is 12.2 Å². The van der Waals surface area contributed by atoms with Gasteiger partial charge in [-0.3, -0.25) is 14.6 Å². The zero-order valence-electron chi connectivity index (χ0n) is 26.8. The number of aromatic nitrogens is 1. The molecule has 9 nitrogen and oxygen atoms in total. The molecule has 0 fully saturated rings. The third-order valence-electron chi connectivity index (χ3n) is 4.80. The van der Waals surface area contributed by atoms with Crippen molar-refractivity contribution in [2.45, 2.75) is 67.2 Å². The van der Waals surface area contributed by atoms with Gasteiger partial charge in [0.1, 0.15) is 17.5 Å². The number of allylic oxidation sites excluding steroid dienone is 2. The molecule has 0 aliphatic carbocycles. The Balaban J connectivity index is 0. The highest BCUT2D eigenvalue weighted by atomic mass is 19.4. The lowest BCUT2D eigenvalue weighted by atomic mass is 10.1. The molecule has 0 spiro atoms. The summed E-state index contributed by atoms with van der Waals surface area (Å²) in [6.45, 7) is 13.3. The summed E-state index contributed by atoms with van der Waals surface area (Å²) >= 11 is 0. The lowest BCUT2D eigenvalue weighted by molar-refractivity contribution is -0.136. The van der Waals surface area contributed by atoms with E-state index in [1.165, 1.54) is 38.5 Å². The highest BCUT2D eigenvalue weighted by Gasteiger charge is 2.33. The smallest absolute Gasteiger partial charge is 0.418 e. The van der Waals surface area contributed by atoms with Gasteiger partial charge in [0.2, 0.25) is 0 Å². The molecule has 44 heavy (non-hydrogen) atoms. The summed E-state index contributed by atoms with van der Waals surface area (Å²) < 4.78 is 45.5. The van der Waals surface area contributed by atoms with Crippen LogP contribution in [0.25, 0.3) is 0 Å². The number of hydrogen-bond acceptors (Lipinski definition) is 6. The predicted molar refractivity (Wildman–Crippen MR) is 171 cm³/mol. The second-order valence-corrected chi connectivity index (χ2v) is 7.81. The Labute approximate surface area is 258 Å². The molecular weight excluding hydrogens is 575 g/mol. The number of amides is 3. The molecule has 2 rings (SSSR count). The quantitative estimate of drug-likeness (QED) is 0.134. The average Bonchev–Trinajstić information content (AvgIpc) is 3.02. The van der Waals surface area contributed by atoms with E-state index < -0.39 is 23.9 Å². The number of pyridine rings is 1. The molecular formula is C32H44F3N5O4. The van der Waals surface area contributed by atoms with Crippen LogP contribution < -0.4 is 26.0 Å². The molecule has 0 bridgehead atoms. The molecule has 0 saturated carbocycles. The number of benzene rings is 1. The normalized spacial score (nSPS) is 10.9. The van der Waals surface area contributed by atoms with Crippen molar-refractivity contribution in [3.63, 3.8) is 0 Å². The number of alkyl halides is 3. The lowest BCUT2D eigenvalue weighted by Gasteiger charge is -2.15. The standard InChI is InChI=1S/C24H28F3N5O3.C4H4O.2C2H6/c1-5-6-16(8-7-15(2)35-18-11-12-30-21(14-18)22(33)29-4)31-23(34)32-17-9-10-20(28-3)19(13-17)24(25,26)27;1-2-3-4-5;2*1-2/h6-15,28H,5H2,1-4H3,(H,29,33)(H2,31,32,34);4H,1H3;2*1-2H3/b8-7-,16-6+;;;. The number of ether oxygens (including phenoxy) is 1. The van der Waals surface area contributed by atoms with Crippen LogP contribution in [-0.4, -0.2) is 43.4 Å². The van der Waals surface area contributed by atoms with Gasteiger partial charge in [0.25, 0.3) is 5.91 Å². The summed E-state index contributed by atoms with van der Waals surface area (Å²) in [6.07, 6.45) is 2.68. The number of carbonyl (C=O) groups excluding carboxylic acids is 3. The fourth-order valence-electron chi connectivity index (χ4n) is 3.04. The van der Waals surface area contributed by atoms with E-state index in [1.54, 1.807) is 38.1 Å². The highest BCUT2D eigenvalue weighted by molar-refractivity contribution is 5.92. The van der Waals surface area contributed by atoms with Crippen molar-refractivity contribution in [3.05, 3.63) is 71.7 Å². The number of nitrogens with zero attached hydrogens (tertiary/aromatic N) is 1. The van der Waals surface area contributed by atoms with Crippen molar-refractivity contribution in [3.8, 4) is 17.6 Å². The third kappa shape index (κ3) is 16.6. The molecule has 4 N–H and O–H groups in total. The van der Waals surface area contributed by atoms with Gasteiger partial charge in [-0.05, 0) is 62.6 Å². The SMILES string of the molecule is CC.CC.CC#CC=O.CC/C=C(\C=C/C(C)Oc1ccnc(C(=O)NC)c1)NC(=O)Nc1ccc(NC)c(C(F)(F)F)c1. The van der Waals surface area contributed by atoms with E-state index in [9.17, 15) is 27.6 Å². The van der Waals surface area contributed by atoms with E-state index in [-0.39, 0.29) is 23.0 Å². The molecule has 1 atom stereocenters. The Morgan fingerprint density at radius 2 is 1.75 bits per heavy atom. The second kappa shape index (κ2) is 23.7. The van der Waals surface area contributed by atoms with Gasteiger partial charge in [0, 0.05) is 43.4 Å². The van der Waals surface area contributed by atoms with Crippen LogP contribution in [0.15, 0.2) is 60.5 Å². The summed E-state index contributed by atoms with van der Waals surface area (Å²) in [6, 6.07) is 5.90. The van der Waals surface area contributed by atoms with Gasteiger partial charge in [0.05, 0.1) is 5.56 Å². The number of aldehydes is 1. The molecule has 1 aromatic carbocycles. The Hall–Kier alpha value is -4.79. The van der Waals surface area contributed by atoms with Crippen LogP contribution in [0.5, 0.6) is 5.75 Å². The van der Waals surface area contributed by atoms with Crippen molar-refractivity contribution < 1.29 is 32.3 Å². The predicted octanol–water partition coefficient (Wildman–Crippen LogP) is 7.20. The summed E-state index contributed by atoms with van der Waals surface area (Å²) in [5, 5.41) is 10.00. The number of rotatable bonds is 9. The summed E-state index contributed by atoms with van der Waals surface area (Å²) in [7, 11) is 2.89. The minimum atomic E-state index is -4.57. The van der Waals surface area contributed by atoms with Crippen LogP contribution in [0.1, 0.15) is 70.9 Å². The number of halogens is 3. The van der Waals surface area contributed by atoms with Crippen LogP contribution in [0.3, 0.4) is 0 Å². The van der Waals surface area contributed by atoms with Crippen molar-refractivity contribution in [2.24, 2.45) is 0 Å². The monoisotopic (exact) mass is 619 g/mol. The van der Waals surface area contributed by atoms with Gasteiger partial charge in [0.15, 0.2) is 6.29 Å². The fourth-order valence-corrected chi connectivity index (χ4v) is 3.04. The van der Waals surface area contributed by atoms with Crippen molar-refractivity contribution in [1.29, 1.82) is 0 Å². The number of hydrogen-bond donors (Lipinski definition) is 4. The number of anilines is 2. The first kappa shape index (κ1) is 41.3. The zero-order valence-corrected chi connectivity index (χ0v) is 26.8. The number of nitrogens with one attached hydrogen (secondary N) is 4. The van der Waals surface area contributed by atoms with E-state index in [4.69, 9.17) is 4.74 Å². The Kier molecular flexibility index (Phi) is 22.3. The number of carbonyl (C=O) groups is 3. The van der Waals surface area contributed by atoms with Gasteiger partial charge in [-0.1, -0.05) is 46.6 Å². The largest absolute Gasteiger partial charge is 0.487 e. The second-order valence-electron chi connectivity index (χ2n) is 7.81. The number of urea groups is 1. The van der Waals surface area contributed by atoms with E-state index >= 15 is 0 Å². The van der Waals surface area contributed by atoms with E-state index in [2.05, 4.69) is 38.1 Å². The van der Waals surface area contributed by atoms with Crippen LogP contribution in [0, 0.1) is 11.8 Å². The molecule has 1 unspecified atom stereocenters. The maximum atomic E-state index is 13.3. The molecule has 12 heteroatoms. The Morgan fingerprint density at radius 3 is 2.25 bits per heavy atom. The summed E-state index contributed by atoms with van der Waals surface area (Å²) in [5.74, 6) is 4.68. The molecule has 2 aromatic rings. The van der Waals surface area contributed by atoms with Crippen molar-refractivity contribution >= 4 is 29.6 Å². The Bertz CT molecular complexity index is 1280. The molecule has 242 valence electrons. The summed E-state index contributed by atoms with van der Waals surface area (Å²) in [5.41, 5.74) is -0.339. The van der Waals surface area contributed by atoms with Gasteiger partial charge in [-0.2, -0.15) is 13.2 Å². The van der Waals surface area contributed by atoms with Gasteiger partial charge < -0.3 is 26.0 Å². The average molecular weight is 620 g/mol. The lowest BCUT2D eigenvalue weighted by Crippen LogP contribution is -2.28. The van der Waals surface area contributed by atoms with E-state index in [0.29, 0.717) is 24.2 Å². The van der Waals surface area contributed by atoms with Gasteiger partial charge in [-0.15, -0.1) is 0 Å². The van der Waals surface area contributed by atoms with Crippen molar-refractivity contribution in [2.75, 3.05) is 24.7 Å². The molecule has 1 heterocycles. The molecule has 0 aliphatic rings. The third-order valence-corrected chi connectivity index (χ3v) is 4.80. The first-order valence-electron chi connectivity index (χ1n) is 14.0. The summed E-state index contributed by atoms with van der Waals surface area (Å²) in [4.78, 5) is 37.3. The minimum Gasteiger partial charge on any atom is -0.487 e. The molecule has 0 aliphatic heterocycles. The molecule has 3 amide bonds. The minimum absolute atomic E-state index is 0.00466. The fraction of sp³-hybridized carbons (Fsp3) is 0.375. The zero-order chi connectivity index (χ0) is 34.1. The molecule has 0 radical (unpaired) electrons. The Morgan fingerprint density at radius 1 is 1.09 bits per heavy atom. The van der Waals surface area contributed by atoms with E-state index in [0.717, 1.165) is 6.07 Å². The van der Waals surface area contributed by atoms with Crippen molar-refractivity contribution in [1.82, 2.24) is 15.6 Å². The topological polar surface area (TPSA) is 121 Å². The van der Waals surface area contributed by atoms with Crippen LogP contribution in [0.4, 0.5) is 29.3 Å². The van der Waals surface area contributed by atoms with Gasteiger partial charge in [-0.25, -0.2) is 4.79 Å². The first-order valence-corrected chi connectivity index (χ1v) is 14.0. The highest BCUT2D eigenvalue weighted by Crippen LogP contribution is 2.36. The maximum absolute atomic E-state index is 13.3. The van der Waals surface area contributed by atoms with Crippen LogP contribution in [-0.2, 0) is 11.0 Å². The first-order chi connectivity index (χ1) is 21.0. The van der Waals surface area contributed by atoms with E-state index in [1.807, 2.05) is 34.6 Å². The van der Waals surface area contributed by atoms with Crippen LogP contribution in [0.2, 0.25) is 0 Å². The molecule has 1 aromatic heterocycles. The molecule has 0 saturated heterocycles.